The molecule has 4 aromatic carbocycles. The van der Waals surface area contributed by atoms with Crippen molar-refractivity contribution in [2.45, 2.75) is 63.6 Å². The molecule has 0 saturated carbocycles. The molecular weight excluding hydrogens is 589 g/mol. The summed E-state index contributed by atoms with van der Waals surface area (Å²) in [4.78, 5) is 29.7. The number of sulfonamides is 1. The molecule has 45 heavy (non-hydrogen) atoms. The van der Waals surface area contributed by atoms with Crippen molar-refractivity contribution in [3.63, 3.8) is 0 Å². The molecule has 0 spiro atoms. The van der Waals surface area contributed by atoms with Crippen LogP contribution in [0.4, 0.5) is 10.1 Å². The van der Waals surface area contributed by atoms with Gasteiger partial charge in [-0.1, -0.05) is 98.8 Å². The van der Waals surface area contributed by atoms with E-state index in [9.17, 15) is 18.0 Å². The molecule has 2 atom stereocenters. The predicted octanol–water partition coefficient (Wildman–Crippen LogP) is 6.14. The number of halogens is 1. The largest absolute Gasteiger partial charge is 0.352 e. The van der Waals surface area contributed by atoms with Crippen LogP contribution >= 0.6 is 0 Å². The molecule has 236 valence electrons. The Morgan fingerprint density at radius 2 is 1.38 bits per heavy atom. The first-order chi connectivity index (χ1) is 21.6. The zero-order valence-electron chi connectivity index (χ0n) is 25.9. The Bertz CT molecular complexity index is 1680. The van der Waals surface area contributed by atoms with Crippen LogP contribution < -0.4 is 9.62 Å². The van der Waals surface area contributed by atoms with Gasteiger partial charge in [0.05, 0.1) is 10.6 Å². The summed E-state index contributed by atoms with van der Waals surface area (Å²) in [6, 6.07) is 29.1. The fourth-order valence-corrected chi connectivity index (χ4v) is 6.56. The minimum Gasteiger partial charge on any atom is -0.352 e. The van der Waals surface area contributed by atoms with Crippen LogP contribution in [0.1, 0.15) is 43.9 Å². The van der Waals surface area contributed by atoms with Gasteiger partial charge in [-0.05, 0) is 55.2 Å². The number of hydrogen-bond acceptors (Lipinski definition) is 4. The first-order valence-electron chi connectivity index (χ1n) is 15.2. The van der Waals surface area contributed by atoms with Gasteiger partial charge in [-0.25, -0.2) is 12.8 Å². The number of hydrogen-bond donors (Lipinski definition) is 1. The molecule has 4 aromatic rings. The molecule has 7 nitrogen and oxygen atoms in total. The first-order valence-corrected chi connectivity index (χ1v) is 16.6. The summed E-state index contributed by atoms with van der Waals surface area (Å²) in [7, 11) is -4.21. The van der Waals surface area contributed by atoms with Gasteiger partial charge in [0.1, 0.15) is 18.4 Å². The Morgan fingerprint density at radius 3 is 2.00 bits per heavy atom. The number of nitrogens with one attached hydrogen (secondary N) is 1. The maximum Gasteiger partial charge on any atom is 0.264 e. The van der Waals surface area contributed by atoms with E-state index in [4.69, 9.17) is 0 Å². The van der Waals surface area contributed by atoms with Crippen LogP contribution in [0.15, 0.2) is 114 Å². The maximum absolute atomic E-state index is 15.1. The lowest BCUT2D eigenvalue weighted by molar-refractivity contribution is -0.140. The van der Waals surface area contributed by atoms with E-state index in [0.717, 1.165) is 15.4 Å². The molecule has 0 unspecified atom stereocenters. The van der Waals surface area contributed by atoms with Crippen LogP contribution in [0, 0.1) is 5.82 Å². The van der Waals surface area contributed by atoms with Crippen molar-refractivity contribution in [3.8, 4) is 0 Å². The lowest BCUT2D eigenvalue weighted by Gasteiger charge is -2.34. The van der Waals surface area contributed by atoms with Gasteiger partial charge < -0.3 is 10.2 Å². The second-order valence-corrected chi connectivity index (χ2v) is 12.8. The van der Waals surface area contributed by atoms with Crippen LogP contribution in [-0.2, 0) is 39.0 Å². The summed E-state index contributed by atoms with van der Waals surface area (Å²) in [5, 5.41) is 2.99. The molecule has 0 aliphatic carbocycles. The lowest BCUT2D eigenvalue weighted by atomic mass is 10.0. The number of benzene rings is 4. The number of aryl methyl sites for hydroxylation is 1. The van der Waals surface area contributed by atoms with E-state index in [1.807, 2.05) is 63.2 Å². The molecule has 9 heteroatoms. The Labute approximate surface area is 265 Å². The fourth-order valence-electron chi connectivity index (χ4n) is 5.09. The highest BCUT2D eigenvalue weighted by Gasteiger charge is 2.35. The molecule has 2 amide bonds. The summed E-state index contributed by atoms with van der Waals surface area (Å²) in [5.74, 6) is -1.56. The molecule has 0 bridgehead atoms. The van der Waals surface area contributed by atoms with Crippen molar-refractivity contribution in [3.05, 3.63) is 132 Å². The average molecular weight is 630 g/mol. The predicted molar refractivity (Wildman–Crippen MR) is 176 cm³/mol. The van der Waals surface area contributed by atoms with E-state index in [-0.39, 0.29) is 29.5 Å². The highest BCUT2D eigenvalue weighted by molar-refractivity contribution is 7.92. The second-order valence-electron chi connectivity index (χ2n) is 10.9. The number of anilines is 1. The number of carbonyl (C=O) groups excluding carboxylic acids is 2. The molecule has 0 aromatic heterocycles. The van der Waals surface area contributed by atoms with E-state index in [2.05, 4.69) is 5.32 Å². The van der Waals surface area contributed by atoms with Gasteiger partial charge in [0.25, 0.3) is 10.0 Å². The van der Waals surface area contributed by atoms with Gasteiger partial charge in [-0.15, -0.1) is 0 Å². The van der Waals surface area contributed by atoms with Gasteiger partial charge in [0, 0.05) is 24.6 Å². The van der Waals surface area contributed by atoms with Gasteiger partial charge >= 0.3 is 0 Å². The second kappa shape index (κ2) is 15.5. The number of nitrogens with zero attached hydrogens (tertiary/aromatic N) is 2. The summed E-state index contributed by atoms with van der Waals surface area (Å²) < 4.78 is 44.5. The van der Waals surface area contributed by atoms with Gasteiger partial charge in [-0.3, -0.25) is 13.9 Å². The molecule has 0 fully saturated rings. The molecule has 0 aliphatic heterocycles. The Morgan fingerprint density at radius 1 is 0.800 bits per heavy atom. The van der Waals surface area contributed by atoms with Gasteiger partial charge in [-0.2, -0.15) is 0 Å². The quantitative estimate of drug-likeness (QED) is 0.182. The highest BCUT2D eigenvalue weighted by Crippen LogP contribution is 2.28. The van der Waals surface area contributed by atoms with E-state index in [1.54, 1.807) is 48.5 Å². The smallest absolute Gasteiger partial charge is 0.264 e. The number of amides is 2. The third kappa shape index (κ3) is 8.36. The van der Waals surface area contributed by atoms with Crippen LogP contribution in [-0.4, -0.2) is 43.8 Å². The van der Waals surface area contributed by atoms with Crippen molar-refractivity contribution < 1.29 is 22.4 Å². The molecular formula is C36H40FN3O4S. The van der Waals surface area contributed by atoms with Crippen LogP contribution in [0.5, 0.6) is 0 Å². The Balaban J connectivity index is 1.84. The lowest BCUT2D eigenvalue weighted by Crippen LogP contribution is -2.54. The number of rotatable bonds is 14. The summed E-state index contributed by atoms with van der Waals surface area (Å²) in [5.41, 5.74) is 2.12. The van der Waals surface area contributed by atoms with Crippen molar-refractivity contribution in [2.75, 3.05) is 10.8 Å². The summed E-state index contributed by atoms with van der Waals surface area (Å²) >= 11 is 0. The molecule has 0 heterocycles. The monoisotopic (exact) mass is 629 g/mol. The first kappa shape index (κ1) is 33.4. The summed E-state index contributed by atoms with van der Waals surface area (Å²) in [6.07, 6.45) is 1.35. The van der Waals surface area contributed by atoms with Crippen LogP contribution in [0.2, 0.25) is 0 Å². The average Bonchev–Trinajstić information content (AvgIpc) is 3.06. The van der Waals surface area contributed by atoms with E-state index in [0.29, 0.717) is 18.5 Å². The molecule has 0 radical (unpaired) electrons. The Kier molecular flexibility index (Phi) is 11.5. The highest BCUT2D eigenvalue weighted by atomic mass is 32.2. The topological polar surface area (TPSA) is 86.8 Å². The van der Waals surface area contributed by atoms with Crippen molar-refractivity contribution in [2.24, 2.45) is 0 Å². The van der Waals surface area contributed by atoms with E-state index in [1.165, 1.54) is 23.1 Å². The maximum atomic E-state index is 15.1. The molecule has 0 aliphatic rings. The standard InChI is InChI=1S/C36H40FN3O4S/c1-4-27(3)38-36(42)34(24-28-16-8-6-9-17-28)39(25-30-19-12-14-22-32(30)37)35(41)26-40(33-23-15-13-18-29(33)5-2)45(43,44)31-20-10-7-11-21-31/h6-23,27,34H,4-5,24-26H2,1-3H3,(H,38,42)/t27-,34+/m1/s1. The number of carbonyl (C=O) groups is 2. The van der Waals surface area contributed by atoms with Crippen LogP contribution in [0.3, 0.4) is 0 Å². The van der Waals surface area contributed by atoms with E-state index >= 15 is 4.39 Å². The molecule has 0 saturated heterocycles. The van der Waals surface area contributed by atoms with Crippen molar-refractivity contribution in [1.82, 2.24) is 10.2 Å². The Hall–Kier alpha value is -4.50. The zero-order valence-corrected chi connectivity index (χ0v) is 26.7. The zero-order chi connectivity index (χ0) is 32.4. The summed E-state index contributed by atoms with van der Waals surface area (Å²) in [6.45, 7) is 4.90. The van der Waals surface area contributed by atoms with E-state index < -0.39 is 40.2 Å². The third-order valence-electron chi connectivity index (χ3n) is 7.82. The van der Waals surface area contributed by atoms with Crippen molar-refractivity contribution >= 4 is 27.5 Å². The van der Waals surface area contributed by atoms with Gasteiger partial charge in [0.15, 0.2) is 0 Å². The number of para-hydroxylation sites is 1. The van der Waals surface area contributed by atoms with Crippen LogP contribution in [0.25, 0.3) is 0 Å². The van der Waals surface area contributed by atoms with Crippen molar-refractivity contribution in [1.29, 1.82) is 0 Å². The minimum absolute atomic E-state index is 0.0275. The van der Waals surface area contributed by atoms with Gasteiger partial charge in [0.2, 0.25) is 11.8 Å². The SMILES string of the molecule is CCc1ccccc1N(CC(=O)N(Cc1ccccc1F)[C@@H](Cc1ccccc1)C(=O)N[C@H](C)CC)S(=O)(=O)c1ccccc1. The molecule has 1 N–H and O–H groups in total. The third-order valence-corrected chi connectivity index (χ3v) is 9.60. The normalized spacial score (nSPS) is 12.6. The molecule has 4 rings (SSSR count). The minimum atomic E-state index is -4.21. The fraction of sp³-hybridized carbons (Fsp3) is 0.278.